The first-order valence-electron chi connectivity index (χ1n) is 6.75. The highest BCUT2D eigenvalue weighted by atomic mass is 35.5. The van der Waals surface area contributed by atoms with E-state index >= 15 is 0 Å². The van der Waals surface area contributed by atoms with Crippen molar-refractivity contribution in [2.45, 2.75) is 25.7 Å². The number of aromatic nitrogens is 2. The molecule has 1 N–H and O–H groups in total. The van der Waals surface area contributed by atoms with Gasteiger partial charge in [0.25, 0.3) is 5.91 Å². The summed E-state index contributed by atoms with van der Waals surface area (Å²) < 4.78 is 0. The van der Waals surface area contributed by atoms with Gasteiger partial charge in [0.15, 0.2) is 10.8 Å². The van der Waals surface area contributed by atoms with Gasteiger partial charge in [-0.25, -0.2) is 0 Å². The molecule has 19 heavy (non-hydrogen) atoms. The topological polar surface area (TPSA) is 58.1 Å². The number of likely N-dealkylation sites (tertiary alicyclic amines) is 1. The SMILES string of the molecule is O=C(NCCN1CCCCCC1)c1ccc(Cl)nn1. The molecule has 1 aromatic heterocycles. The number of nitrogens with one attached hydrogen (secondary N) is 1. The minimum atomic E-state index is -0.195. The average molecular weight is 283 g/mol. The van der Waals surface area contributed by atoms with Crippen molar-refractivity contribution in [2.75, 3.05) is 26.2 Å². The first-order chi connectivity index (χ1) is 9.25. The zero-order valence-corrected chi connectivity index (χ0v) is 11.7. The summed E-state index contributed by atoms with van der Waals surface area (Å²) in [6.07, 6.45) is 5.17. The molecule has 0 unspecified atom stereocenters. The van der Waals surface area contributed by atoms with E-state index in [0.29, 0.717) is 17.4 Å². The Morgan fingerprint density at radius 2 is 1.95 bits per heavy atom. The highest BCUT2D eigenvalue weighted by Crippen LogP contribution is 2.08. The molecular weight excluding hydrogens is 264 g/mol. The van der Waals surface area contributed by atoms with Gasteiger partial charge in [-0.2, -0.15) is 0 Å². The molecule has 104 valence electrons. The predicted octanol–water partition coefficient (Wildman–Crippen LogP) is 1.74. The molecule has 0 saturated carbocycles. The van der Waals surface area contributed by atoms with Crippen molar-refractivity contribution >= 4 is 17.5 Å². The van der Waals surface area contributed by atoms with Gasteiger partial charge in [0.2, 0.25) is 0 Å². The molecule has 2 heterocycles. The fourth-order valence-electron chi connectivity index (χ4n) is 2.21. The van der Waals surface area contributed by atoms with Crippen LogP contribution in [-0.2, 0) is 0 Å². The van der Waals surface area contributed by atoms with Crippen LogP contribution in [0.15, 0.2) is 12.1 Å². The summed E-state index contributed by atoms with van der Waals surface area (Å²) in [7, 11) is 0. The number of carbonyl (C=O) groups excluding carboxylic acids is 1. The van der Waals surface area contributed by atoms with Crippen molar-refractivity contribution < 1.29 is 4.79 Å². The average Bonchev–Trinajstić information content (AvgIpc) is 2.68. The second kappa shape index (κ2) is 7.40. The van der Waals surface area contributed by atoms with E-state index in [9.17, 15) is 4.79 Å². The van der Waals surface area contributed by atoms with Crippen LogP contribution in [0.3, 0.4) is 0 Å². The lowest BCUT2D eigenvalue weighted by molar-refractivity contribution is 0.0942. The first-order valence-corrected chi connectivity index (χ1v) is 7.13. The third-order valence-corrected chi connectivity index (χ3v) is 3.48. The zero-order valence-electron chi connectivity index (χ0n) is 10.9. The minimum absolute atomic E-state index is 0.195. The van der Waals surface area contributed by atoms with Crippen molar-refractivity contribution in [3.05, 3.63) is 23.0 Å². The van der Waals surface area contributed by atoms with E-state index in [1.54, 1.807) is 12.1 Å². The Bertz CT molecular complexity index is 402. The van der Waals surface area contributed by atoms with Crippen LogP contribution >= 0.6 is 11.6 Å². The van der Waals surface area contributed by atoms with Gasteiger partial charge in [0.1, 0.15) is 0 Å². The van der Waals surface area contributed by atoms with Crippen molar-refractivity contribution in [3.8, 4) is 0 Å². The highest BCUT2D eigenvalue weighted by molar-refractivity contribution is 6.29. The molecule has 0 aromatic carbocycles. The molecule has 0 spiro atoms. The Morgan fingerprint density at radius 3 is 2.58 bits per heavy atom. The van der Waals surface area contributed by atoms with Crippen molar-refractivity contribution in [1.82, 2.24) is 20.4 Å². The highest BCUT2D eigenvalue weighted by Gasteiger charge is 2.10. The third-order valence-electron chi connectivity index (χ3n) is 3.28. The Kier molecular flexibility index (Phi) is 5.54. The van der Waals surface area contributed by atoms with Crippen molar-refractivity contribution in [3.63, 3.8) is 0 Å². The van der Waals surface area contributed by atoms with Crippen LogP contribution in [0.2, 0.25) is 5.15 Å². The van der Waals surface area contributed by atoms with Crippen LogP contribution in [0, 0.1) is 0 Å². The molecule has 0 aliphatic carbocycles. The molecular formula is C13H19ClN4O. The van der Waals surface area contributed by atoms with Gasteiger partial charge in [-0.15, -0.1) is 10.2 Å². The normalized spacial score (nSPS) is 16.9. The lowest BCUT2D eigenvalue weighted by Crippen LogP contribution is -2.35. The summed E-state index contributed by atoms with van der Waals surface area (Å²) in [6, 6.07) is 3.15. The molecule has 1 amide bonds. The molecule has 0 bridgehead atoms. The molecule has 1 fully saturated rings. The summed E-state index contributed by atoms with van der Waals surface area (Å²) in [5, 5.41) is 10.6. The van der Waals surface area contributed by atoms with Gasteiger partial charge in [-0.3, -0.25) is 4.79 Å². The van der Waals surface area contributed by atoms with Crippen molar-refractivity contribution in [2.24, 2.45) is 0 Å². The Morgan fingerprint density at radius 1 is 1.21 bits per heavy atom. The lowest BCUT2D eigenvalue weighted by Gasteiger charge is -2.19. The molecule has 1 aliphatic rings. The van der Waals surface area contributed by atoms with E-state index in [1.165, 1.54) is 25.7 Å². The molecule has 1 aromatic rings. The monoisotopic (exact) mass is 282 g/mol. The van der Waals surface area contributed by atoms with Gasteiger partial charge in [-0.1, -0.05) is 24.4 Å². The van der Waals surface area contributed by atoms with E-state index < -0.39 is 0 Å². The Hall–Kier alpha value is -1.20. The number of hydrogen-bond acceptors (Lipinski definition) is 4. The number of hydrogen-bond donors (Lipinski definition) is 1. The van der Waals surface area contributed by atoms with Crippen LogP contribution in [0.1, 0.15) is 36.2 Å². The van der Waals surface area contributed by atoms with Gasteiger partial charge in [0.05, 0.1) is 0 Å². The fourth-order valence-corrected chi connectivity index (χ4v) is 2.32. The third kappa shape index (κ3) is 4.76. The second-order valence-electron chi connectivity index (χ2n) is 4.75. The second-order valence-corrected chi connectivity index (χ2v) is 5.14. The number of halogens is 1. The van der Waals surface area contributed by atoms with E-state index in [4.69, 9.17) is 11.6 Å². The molecule has 1 saturated heterocycles. The number of amides is 1. The maximum absolute atomic E-state index is 11.8. The molecule has 1 aliphatic heterocycles. The molecule has 5 nitrogen and oxygen atoms in total. The maximum atomic E-state index is 11.8. The lowest BCUT2D eigenvalue weighted by atomic mass is 10.2. The molecule has 0 radical (unpaired) electrons. The zero-order chi connectivity index (χ0) is 13.5. The number of carbonyl (C=O) groups is 1. The maximum Gasteiger partial charge on any atom is 0.271 e. The smallest absolute Gasteiger partial charge is 0.271 e. The van der Waals surface area contributed by atoms with Gasteiger partial charge < -0.3 is 10.2 Å². The van der Waals surface area contributed by atoms with E-state index in [-0.39, 0.29) is 5.91 Å². The largest absolute Gasteiger partial charge is 0.349 e. The van der Waals surface area contributed by atoms with E-state index in [1.807, 2.05) is 0 Å². The summed E-state index contributed by atoms with van der Waals surface area (Å²) in [6.45, 7) is 3.81. The van der Waals surface area contributed by atoms with E-state index in [2.05, 4.69) is 20.4 Å². The van der Waals surface area contributed by atoms with Crippen LogP contribution in [0.25, 0.3) is 0 Å². The molecule has 6 heteroatoms. The standard InChI is InChI=1S/C13H19ClN4O/c14-12-6-5-11(16-17-12)13(19)15-7-10-18-8-3-1-2-4-9-18/h5-6H,1-4,7-10H2,(H,15,19). The van der Waals surface area contributed by atoms with Crippen LogP contribution in [-0.4, -0.2) is 47.2 Å². The van der Waals surface area contributed by atoms with Crippen LogP contribution in [0.4, 0.5) is 0 Å². The first kappa shape index (κ1) is 14.2. The number of rotatable bonds is 4. The Labute approximate surface area is 118 Å². The van der Waals surface area contributed by atoms with Crippen molar-refractivity contribution in [1.29, 1.82) is 0 Å². The van der Waals surface area contributed by atoms with Gasteiger partial charge in [-0.05, 0) is 38.1 Å². The molecule has 0 atom stereocenters. The predicted molar refractivity (Wildman–Crippen MR) is 74.3 cm³/mol. The molecule has 2 rings (SSSR count). The fraction of sp³-hybridized carbons (Fsp3) is 0.615. The summed E-state index contributed by atoms with van der Waals surface area (Å²) >= 11 is 5.63. The number of nitrogens with zero attached hydrogens (tertiary/aromatic N) is 3. The van der Waals surface area contributed by atoms with Crippen LogP contribution < -0.4 is 5.32 Å². The Balaban J connectivity index is 1.72. The van der Waals surface area contributed by atoms with Crippen LogP contribution in [0.5, 0.6) is 0 Å². The summed E-state index contributed by atoms with van der Waals surface area (Å²) in [5.41, 5.74) is 0.306. The van der Waals surface area contributed by atoms with Gasteiger partial charge in [0, 0.05) is 13.1 Å². The quantitative estimate of drug-likeness (QED) is 0.914. The summed E-state index contributed by atoms with van der Waals surface area (Å²) in [5.74, 6) is -0.195. The van der Waals surface area contributed by atoms with E-state index in [0.717, 1.165) is 19.6 Å². The minimum Gasteiger partial charge on any atom is -0.349 e. The van der Waals surface area contributed by atoms with Gasteiger partial charge >= 0.3 is 0 Å². The summed E-state index contributed by atoms with van der Waals surface area (Å²) in [4.78, 5) is 14.2.